The lowest BCUT2D eigenvalue weighted by molar-refractivity contribution is -0.145. The van der Waals surface area contributed by atoms with E-state index in [9.17, 15) is 14.4 Å². The number of nitrogens with one attached hydrogen (secondary N) is 2. The van der Waals surface area contributed by atoms with Crippen LogP contribution in [-0.2, 0) is 14.3 Å². The molecule has 0 spiro atoms. The van der Waals surface area contributed by atoms with Gasteiger partial charge in [-0.2, -0.15) is 11.8 Å². The van der Waals surface area contributed by atoms with Crippen LogP contribution in [0.5, 0.6) is 0 Å². The van der Waals surface area contributed by atoms with E-state index in [1.54, 1.807) is 37.4 Å². The van der Waals surface area contributed by atoms with E-state index in [4.69, 9.17) is 4.74 Å². The van der Waals surface area contributed by atoms with Gasteiger partial charge in [0.15, 0.2) is 0 Å². The van der Waals surface area contributed by atoms with Crippen LogP contribution < -0.4 is 10.6 Å². The van der Waals surface area contributed by atoms with Crippen LogP contribution >= 0.6 is 11.8 Å². The molecule has 2 N–H and O–H groups in total. The third kappa shape index (κ3) is 9.57. The van der Waals surface area contributed by atoms with Crippen molar-refractivity contribution < 1.29 is 19.1 Å². The summed E-state index contributed by atoms with van der Waals surface area (Å²) in [5.41, 5.74) is 0.505. The van der Waals surface area contributed by atoms with E-state index in [-0.39, 0.29) is 17.9 Å². The summed E-state index contributed by atoms with van der Waals surface area (Å²) in [6.07, 6.45) is 1.72. The van der Waals surface area contributed by atoms with Gasteiger partial charge in [-0.1, -0.05) is 24.3 Å². The van der Waals surface area contributed by atoms with Gasteiger partial charge in [-0.15, -0.1) is 0 Å². The van der Waals surface area contributed by atoms with Crippen LogP contribution in [-0.4, -0.2) is 58.0 Å². The number of thioether (sulfide) groups is 1. The van der Waals surface area contributed by atoms with Crippen molar-refractivity contribution in [3.8, 4) is 0 Å². The second-order valence-corrected chi connectivity index (χ2v) is 11.8. The quantitative estimate of drug-likeness (QED) is 0.514. The Morgan fingerprint density at radius 1 is 1.06 bits per heavy atom. The highest BCUT2D eigenvalue weighted by atomic mass is 32.2. The second-order valence-electron chi connectivity index (χ2n) is 10.8. The first kappa shape index (κ1) is 29.8. The van der Waals surface area contributed by atoms with Gasteiger partial charge in [0.05, 0.1) is 0 Å². The first-order valence-corrected chi connectivity index (χ1v) is 13.1. The summed E-state index contributed by atoms with van der Waals surface area (Å²) >= 11 is 1.59. The van der Waals surface area contributed by atoms with E-state index < -0.39 is 29.3 Å². The summed E-state index contributed by atoms with van der Waals surface area (Å²) in [7, 11) is 0. The highest BCUT2D eigenvalue weighted by Crippen LogP contribution is 2.28. The zero-order valence-electron chi connectivity index (χ0n) is 22.4. The van der Waals surface area contributed by atoms with Gasteiger partial charge in [-0.25, -0.2) is 4.79 Å². The molecule has 2 atom stereocenters. The lowest BCUT2D eigenvalue weighted by atomic mass is 9.95. The van der Waals surface area contributed by atoms with Crippen LogP contribution in [0, 0.1) is 6.92 Å². The Labute approximate surface area is 209 Å². The number of alkyl carbamates (subject to hydrolysis) is 1. The molecule has 0 aliphatic heterocycles. The average Bonchev–Trinajstić information content (AvgIpc) is 2.66. The predicted molar refractivity (Wildman–Crippen MR) is 140 cm³/mol. The van der Waals surface area contributed by atoms with E-state index in [0.29, 0.717) is 12.2 Å². The number of rotatable bonds is 9. The molecule has 2 unspecified atom stereocenters. The van der Waals surface area contributed by atoms with Gasteiger partial charge >= 0.3 is 6.09 Å². The molecule has 0 aliphatic carbocycles. The lowest BCUT2D eigenvalue weighted by Gasteiger charge is -2.39. The fourth-order valence-corrected chi connectivity index (χ4v) is 4.02. The Kier molecular flexibility index (Phi) is 10.9. The molecule has 8 heteroatoms. The molecule has 0 radical (unpaired) electrons. The normalized spacial score (nSPS) is 13.7. The van der Waals surface area contributed by atoms with Crippen molar-refractivity contribution in [3.05, 3.63) is 35.4 Å². The summed E-state index contributed by atoms with van der Waals surface area (Å²) in [6.45, 7) is 16.7. The van der Waals surface area contributed by atoms with E-state index >= 15 is 0 Å². The summed E-state index contributed by atoms with van der Waals surface area (Å²) < 4.78 is 5.41. The van der Waals surface area contributed by atoms with Crippen LogP contribution in [0.25, 0.3) is 0 Å². The van der Waals surface area contributed by atoms with Gasteiger partial charge in [0.2, 0.25) is 11.8 Å². The average molecular weight is 494 g/mol. The lowest BCUT2D eigenvalue weighted by Crippen LogP contribution is -2.56. The number of ether oxygens (including phenoxy) is 1. The Morgan fingerprint density at radius 3 is 2.12 bits per heavy atom. The number of nitrogens with zero attached hydrogens (tertiary/aromatic N) is 1. The maximum absolute atomic E-state index is 14.0. The van der Waals surface area contributed by atoms with Crippen molar-refractivity contribution >= 4 is 29.7 Å². The molecule has 0 fully saturated rings. The van der Waals surface area contributed by atoms with Crippen molar-refractivity contribution in [2.45, 2.75) is 98.0 Å². The van der Waals surface area contributed by atoms with Gasteiger partial charge in [-0.05, 0) is 91.9 Å². The van der Waals surface area contributed by atoms with E-state index in [0.717, 1.165) is 11.1 Å². The fourth-order valence-electron chi connectivity index (χ4n) is 3.55. The SMILES string of the molecule is CSCCC(NC(=O)OC(C)(C)C)C(=O)N(C(C)C)C(C(=O)NC(C)(C)C)c1ccccc1C. The molecule has 0 saturated carbocycles. The van der Waals surface area contributed by atoms with E-state index in [1.165, 1.54) is 0 Å². The molecule has 0 bridgehead atoms. The number of carbonyl (C=O) groups is 3. The third-order valence-electron chi connectivity index (χ3n) is 4.92. The molecule has 0 saturated heterocycles. The highest BCUT2D eigenvalue weighted by Gasteiger charge is 2.39. The predicted octanol–water partition coefficient (Wildman–Crippen LogP) is 4.83. The molecule has 0 aliphatic rings. The number of amides is 3. The minimum absolute atomic E-state index is 0.260. The highest BCUT2D eigenvalue weighted by molar-refractivity contribution is 7.98. The summed E-state index contributed by atoms with van der Waals surface area (Å²) in [6, 6.07) is 5.63. The number of aryl methyl sites for hydroxylation is 1. The van der Waals surface area contributed by atoms with Crippen molar-refractivity contribution in [1.82, 2.24) is 15.5 Å². The maximum atomic E-state index is 14.0. The van der Waals surface area contributed by atoms with Crippen LogP contribution in [0.1, 0.15) is 79.0 Å². The van der Waals surface area contributed by atoms with Gasteiger partial charge in [0.1, 0.15) is 17.7 Å². The first-order chi connectivity index (χ1) is 15.6. The minimum Gasteiger partial charge on any atom is -0.444 e. The van der Waals surface area contributed by atoms with Gasteiger partial charge in [0, 0.05) is 11.6 Å². The van der Waals surface area contributed by atoms with Gasteiger partial charge in [-0.3, -0.25) is 9.59 Å². The van der Waals surface area contributed by atoms with Crippen LogP contribution in [0.2, 0.25) is 0 Å². The number of hydrogen-bond acceptors (Lipinski definition) is 5. The monoisotopic (exact) mass is 493 g/mol. The molecule has 1 aromatic carbocycles. The Hall–Kier alpha value is -2.22. The smallest absolute Gasteiger partial charge is 0.408 e. The van der Waals surface area contributed by atoms with Crippen molar-refractivity contribution in [2.75, 3.05) is 12.0 Å². The van der Waals surface area contributed by atoms with Crippen LogP contribution in [0.3, 0.4) is 0 Å². The Balaban J connectivity index is 3.47. The maximum Gasteiger partial charge on any atom is 0.408 e. The topological polar surface area (TPSA) is 87.7 Å². The summed E-state index contributed by atoms with van der Waals surface area (Å²) in [5, 5.41) is 5.79. The first-order valence-electron chi connectivity index (χ1n) is 11.8. The van der Waals surface area contributed by atoms with Gasteiger partial charge in [0.25, 0.3) is 0 Å². The standard InChI is InChI=1S/C26H43N3O4S/c1-17(2)29(23(31)20(15-16-34-10)27-24(32)33-26(7,8)9)21(22(30)28-25(4,5)6)19-14-12-11-13-18(19)3/h11-14,17,20-21H,15-16H2,1-10H3,(H,27,32)(H,28,30). The summed E-state index contributed by atoms with van der Waals surface area (Å²) in [5.74, 6) is 0.0958. The molecule has 1 aromatic rings. The Bertz CT molecular complexity index is 843. The van der Waals surface area contributed by atoms with Crippen LogP contribution in [0.15, 0.2) is 24.3 Å². The largest absolute Gasteiger partial charge is 0.444 e. The molecule has 34 heavy (non-hydrogen) atoms. The molecule has 1 rings (SSSR count). The number of carbonyl (C=O) groups excluding carboxylic acids is 3. The van der Waals surface area contributed by atoms with E-state index in [2.05, 4.69) is 10.6 Å². The molecular weight excluding hydrogens is 450 g/mol. The third-order valence-corrected chi connectivity index (χ3v) is 5.56. The minimum atomic E-state index is -0.842. The molecule has 0 heterocycles. The van der Waals surface area contributed by atoms with Crippen molar-refractivity contribution in [2.24, 2.45) is 0 Å². The van der Waals surface area contributed by atoms with Crippen molar-refractivity contribution in [1.29, 1.82) is 0 Å². The number of hydrogen-bond donors (Lipinski definition) is 2. The fraction of sp³-hybridized carbons (Fsp3) is 0.654. The molecule has 0 aromatic heterocycles. The molecule has 3 amide bonds. The summed E-state index contributed by atoms with van der Waals surface area (Å²) in [4.78, 5) is 41.7. The second kappa shape index (κ2) is 12.5. The zero-order chi connectivity index (χ0) is 26.3. The zero-order valence-corrected chi connectivity index (χ0v) is 23.3. The van der Waals surface area contributed by atoms with E-state index in [1.807, 2.05) is 72.1 Å². The Morgan fingerprint density at radius 2 is 1.65 bits per heavy atom. The molecule has 7 nitrogen and oxygen atoms in total. The van der Waals surface area contributed by atoms with Crippen LogP contribution in [0.4, 0.5) is 4.79 Å². The molecule has 192 valence electrons. The van der Waals surface area contributed by atoms with Crippen molar-refractivity contribution in [3.63, 3.8) is 0 Å². The molecular formula is C26H43N3O4S. The number of benzene rings is 1. The van der Waals surface area contributed by atoms with Gasteiger partial charge < -0.3 is 20.3 Å².